The predicted octanol–water partition coefficient (Wildman–Crippen LogP) is 3.90. The van der Waals surface area contributed by atoms with Crippen LogP contribution >= 0.6 is 15.9 Å². The first kappa shape index (κ1) is 22.4. The van der Waals surface area contributed by atoms with Crippen LogP contribution in [0.1, 0.15) is 41.3 Å². The summed E-state index contributed by atoms with van der Waals surface area (Å²) in [5.74, 6) is -2.23. The van der Waals surface area contributed by atoms with Crippen molar-refractivity contribution in [2.75, 3.05) is 0 Å². The summed E-state index contributed by atoms with van der Waals surface area (Å²) in [4.78, 5) is 36.8. The third kappa shape index (κ3) is 6.87. The number of carboxylic acid groups (broad SMARTS) is 1. The molecule has 0 saturated carbocycles. The first-order valence-corrected chi connectivity index (χ1v) is 9.98. The van der Waals surface area contributed by atoms with Gasteiger partial charge in [-0.25, -0.2) is 4.79 Å². The molecular formula is C22H23BrN2O4. The lowest BCUT2D eigenvalue weighted by Crippen LogP contribution is -2.44. The number of hydrogen-bond donors (Lipinski definition) is 3. The molecule has 0 saturated heterocycles. The third-order valence-electron chi connectivity index (χ3n) is 4.17. The summed E-state index contributed by atoms with van der Waals surface area (Å²) in [6.07, 6.45) is 2.40. The van der Waals surface area contributed by atoms with Crippen molar-refractivity contribution in [3.05, 3.63) is 75.4 Å². The molecule has 0 bridgehead atoms. The van der Waals surface area contributed by atoms with Gasteiger partial charge in [-0.05, 0) is 49.2 Å². The van der Waals surface area contributed by atoms with E-state index in [1.165, 1.54) is 6.08 Å². The molecule has 0 unspecified atom stereocenters. The molecule has 0 spiro atoms. The molecule has 0 heterocycles. The van der Waals surface area contributed by atoms with Crippen LogP contribution in [0.2, 0.25) is 0 Å². The largest absolute Gasteiger partial charge is 0.480 e. The van der Waals surface area contributed by atoms with Gasteiger partial charge in [0.05, 0.1) is 0 Å². The Bertz CT molecular complexity index is 905. The van der Waals surface area contributed by atoms with E-state index >= 15 is 0 Å². The molecule has 2 aromatic carbocycles. The number of carbonyl (C=O) groups is 3. The molecule has 2 aromatic rings. The highest BCUT2D eigenvalue weighted by atomic mass is 79.9. The molecule has 7 heteroatoms. The van der Waals surface area contributed by atoms with Gasteiger partial charge in [-0.1, -0.05) is 59.1 Å². The van der Waals surface area contributed by atoms with Crippen LogP contribution in [0.4, 0.5) is 0 Å². The summed E-state index contributed by atoms with van der Waals surface area (Å²) in [5, 5.41) is 14.4. The highest BCUT2D eigenvalue weighted by Crippen LogP contribution is 2.14. The van der Waals surface area contributed by atoms with E-state index in [9.17, 15) is 19.5 Å². The number of carbonyl (C=O) groups excluding carboxylic acids is 2. The molecule has 2 amide bonds. The number of halogens is 1. The number of aryl methyl sites for hydroxylation is 1. The lowest BCUT2D eigenvalue weighted by atomic mass is 10.1. The Kier molecular flexibility index (Phi) is 8.15. The Morgan fingerprint density at radius 1 is 1.07 bits per heavy atom. The van der Waals surface area contributed by atoms with Crippen LogP contribution in [-0.4, -0.2) is 28.9 Å². The van der Waals surface area contributed by atoms with Crippen LogP contribution in [0.15, 0.2) is 58.7 Å². The lowest BCUT2D eigenvalue weighted by molar-refractivity contribution is -0.141. The topological polar surface area (TPSA) is 95.5 Å². The molecule has 0 radical (unpaired) electrons. The van der Waals surface area contributed by atoms with Crippen LogP contribution in [-0.2, 0) is 9.59 Å². The van der Waals surface area contributed by atoms with Gasteiger partial charge < -0.3 is 15.7 Å². The van der Waals surface area contributed by atoms with Gasteiger partial charge >= 0.3 is 5.97 Å². The fraction of sp³-hybridized carbons (Fsp3) is 0.227. The van der Waals surface area contributed by atoms with Gasteiger partial charge in [0.2, 0.25) is 0 Å². The normalized spacial score (nSPS) is 12.2. The molecule has 3 N–H and O–H groups in total. The second-order valence-electron chi connectivity index (χ2n) is 6.58. The number of hydrogen-bond acceptors (Lipinski definition) is 3. The van der Waals surface area contributed by atoms with Crippen molar-refractivity contribution in [3.8, 4) is 0 Å². The Hall–Kier alpha value is -2.93. The van der Waals surface area contributed by atoms with Crippen LogP contribution < -0.4 is 10.6 Å². The molecular weight excluding hydrogens is 436 g/mol. The van der Waals surface area contributed by atoms with Crippen molar-refractivity contribution in [3.63, 3.8) is 0 Å². The fourth-order valence-corrected chi connectivity index (χ4v) is 2.83. The molecule has 0 fully saturated rings. The Morgan fingerprint density at radius 2 is 1.69 bits per heavy atom. The average molecular weight is 459 g/mol. The highest BCUT2D eigenvalue weighted by molar-refractivity contribution is 9.10. The maximum Gasteiger partial charge on any atom is 0.326 e. The van der Waals surface area contributed by atoms with E-state index in [0.29, 0.717) is 24.0 Å². The molecule has 152 valence electrons. The molecule has 0 aliphatic heterocycles. The molecule has 2 rings (SSSR count). The molecule has 6 nitrogen and oxygen atoms in total. The zero-order chi connectivity index (χ0) is 21.4. The van der Waals surface area contributed by atoms with Crippen molar-refractivity contribution in [1.29, 1.82) is 0 Å². The summed E-state index contributed by atoms with van der Waals surface area (Å²) in [7, 11) is 0. The second-order valence-corrected chi connectivity index (χ2v) is 7.50. The van der Waals surface area contributed by atoms with Crippen LogP contribution in [0, 0.1) is 6.92 Å². The van der Waals surface area contributed by atoms with Crippen LogP contribution in [0.25, 0.3) is 6.08 Å². The standard InChI is InChI=1S/C22H23BrN2O4/c1-3-4-18(22(28)29)24-21(27)19(13-15-7-11-17(23)12-8-15)25-20(26)16-9-5-14(2)6-10-16/h5-13,18H,3-4H2,1-2H3,(H,24,27)(H,25,26)(H,28,29)/b19-13-/t18-/m1/s1. The highest BCUT2D eigenvalue weighted by Gasteiger charge is 2.22. The number of benzene rings is 2. The van der Waals surface area contributed by atoms with E-state index in [1.54, 1.807) is 48.5 Å². The summed E-state index contributed by atoms with van der Waals surface area (Å²) < 4.78 is 0.873. The van der Waals surface area contributed by atoms with E-state index in [4.69, 9.17) is 0 Å². The SMILES string of the molecule is CCC[C@@H](NC(=O)/C(=C/c1ccc(Br)cc1)NC(=O)c1ccc(C)cc1)C(=O)O. The van der Waals surface area contributed by atoms with E-state index in [1.807, 2.05) is 13.8 Å². The van der Waals surface area contributed by atoms with Gasteiger partial charge in [-0.2, -0.15) is 0 Å². The quantitative estimate of drug-likeness (QED) is 0.522. The van der Waals surface area contributed by atoms with E-state index in [0.717, 1.165) is 10.0 Å². The van der Waals surface area contributed by atoms with E-state index in [2.05, 4.69) is 26.6 Å². The summed E-state index contributed by atoms with van der Waals surface area (Å²) >= 11 is 3.35. The number of carboxylic acids is 1. The number of rotatable bonds is 8. The minimum absolute atomic E-state index is 0.0275. The van der Waals surface area contributed by atoms with Gasteiger partial charge in [0, 0.05) is 10.0 Å². The number of nitrogens with one attached hydrogen (secondary N) is 2. The van der Waals surface area contributed by atoms with Gasteiger partial charge in [0.25, 0.3) is 11.8 Å². The second kappa shape index (κ2) is 10.6. The van der Waals surface area contributed by atoms with Crippen molar-refractivity contribution >= 4 is 39.8 Å². The zero-order valence-corrected chi connectivity index (χ0v) is 17.8. The third-order valence-corrected chi connectivity index (χ3v) is 4.70. The van der Waals surface area contributed by atoms with Crippen molar-refractivity contribution in [1.82, 2.24) is 10.6 Å². The Morgan fingerprint density at radius 3 is 2.24 bits per heavy atom. The minimum atomic E-state index is -1.12. The monoisotopic (exact) mass is 458 g/mol. The van der Waals surface area contributed by atoms with Crippen LogP contribution in [0.3, 0.4) is 0 Å². The van der Waals surface area contributed by atoms with Crippen molar-refractivity contribution in [2.45, 2.75) is 32.7 Å². The maximum absolute atomic E-state index is 12.8. The molecule has 29 heavy (non-hydrogen) atoms. The summed E-state index contributed by atoms with van der Waals surface area (Å²) in [6.45, 7) is 3.74. The van der Waals surface area contributed by atoms with Gasteiger partial charge in [-0.3, -0.25) is 9.59 Å². The van der Waals surface area contributed by atoms with Crippen molar-refractivity contribution < 1.29 is 19.5 Å². The van der Waals surface area contributed by atoms with Gasteiger partial charge in [-0.15, -0.1) is 0 Å². The van der Waals surface area contributed by atoms with Crippen LogP contribution in [0.5, 0.6) is 0 Å². The maximum atomic E-state index is 12.8. The first-order valence-electron chi connectivity index (χ1n) is 9.19. The first-order chi connectivity index (χ1) is 13.8. The fourth-order valence-electron chi connectivity index (χ4n) is 2.57. The summed E-state index contributed by atoms with van der Waals surface area (Å²) in [5.41, 5.74) is 2.06. The Labute approximate surface area is 178 Å². The lowest BCUT2D eigenvalue weighted by Gasteiger charge is -2.16. The summed E-state index contributed by atoms with van der Waals surface area (Å²) in [6, 6.07) is 13.1. The molecule has 0 aromatic heterocycles. The molecule has 0 aliphatic carbocycles. The zero-order valence-electron chi connectivity index (χ0n) is 16.2. The molecule has 1 atom stereocenters. The van der Waals surface area contributed by atoms with E-state index in [-0.39, 0.29) is 5.70 Å². The van der Waals surface area contributed by atoms with Gasteiger partial charge in [0.15, 0.2) is 0 Å². The van der Waals surface area contributed by atoms with E-state index < -0.39 is 23.8 Å². The number of amides is 2. The minimum Gasteiger partial charge on any atom is -0.480 e. The Balaban J connectivity index is 2.30. The van der Waals surface area contributed by atoms with Crippen molar-refractivity contribution in [2.24, 2.45) is 0 Å². The average Bonchev–Trinajstić information content (AvgIpc) is 2.69. The smallest absolute Gasteiger partial charge is 0.326 e. The predicted molar refractivity (Wildman–Crippen MR) is 115 cm³/mol. The molecule has 0 aliphatic rings. The van der Waals surface area contributed by atoms with Gasteiger partial charge in [0.1, 0.15) is 11.7 Å². The number of aliphatic carboxylic acids is 1.